The molecular formula is C18H20ClNO2S. The Balaban J connectivity index is 1.64. The molecule has 0 aliphatic rings. The van der Waals surface area contributed by atoms with Gasteiger partial charge in [0.1, 0.15) is 12.4 Å². The van der Waals surface area contributed by atoms with E-state index in [1.807, 2.05) is 50.2 Å². The molecule has 0 atom stereocenters. The molecule has 1 N–H and O–H groups in total. The lowest BCUT2D eigenvalue weighted by Gasteiger charge is -2.09. The van der Waals surface area contributed by atoms with E-state index in [-0.39, 0.29) is 5.91 Å². The molecule has 23 heavy (non-hydrogen) atoms. The second kappa shape index (κ2) is 8.85. The van der Waals surface area contributed by atoms with E-state index in [9.17, 15) is 4.79 Å². The van der Waals surface area contributed by atoms with Crippen LogP contribution in [0.25, 0.3) is 0 Å². The zero-order chi connectivity index (χ0) is 16.7. The first-order valence-corrected chi connectivity index (χ1v) is 8.76. The molecular weight excluding hydrogens is 330 g/mol. The minimum atomic E-state index is 0.00103. The van der Waals surface area contributed by atoms with Crippen molar-refractivity contribution in [3.63, 3.8) is 0 Å². The normalized spacial score (nSPS) is 10.4. The lowest BCUT2D eigenvalue weighted by Crippen LogP contribution is -2.29. The van der Waals surface area contributed by atoms with Gasteiger partial charge in [-0.25, -0.2) is 0 Å². The molecule has 0 saturated heterocycles. The van der Waals surface area contributed by atoms with Gasteiger partial charge < -0.3 is 10.1 Å². The topological polar surface area (TPSA) is 38.3 Å². The summed E-state index contributed by atoms with van der Waals surface area (Å²) in [5.74, 6) is 1.12. The summed E-state index contributed by atoms with van der Waals surface area (Å²) in [6.45, 7) is 4.87. The molecule has 1 amide bonds. The van der Waals surface area contributed by atoms with E-state index in [1.165, 1.54) is 17.3 Å². The average Bonchev–Trinajstić information content (AvgIpc) is 2.54. The van der Waals surface area contributed by atoms with Crippen molar-refractivity contribution in [1.29, 1.82) is 0 Å². The number of hydrogen-bond donors (Lipinski definition) is 1. The molecule has 2 aromatic carbocycles. The minimum absolute atomic E-state index is 0.00103. The van der Waals surface area contributed by atoms with Crippen LogP contribution in [0.5, 0.6) is 5.75 Å². The third-order valence-corrected chi connectivity index (χ3v) is 4.65. The summed E-state index contributed by atoms with van der Waals surface area (Å²) in [6.07, 6.45) is 0. The van der Waals surface area contributed by atoms with Gasteiger partial charge in [0.2, 0.25) is 5.91 Å². The maximum atomic E-state index is 11.8. The van der Waals surface area contributed by atoms with E-state index >= 15 is 0 Å². The Morgan fingerprint density at radius 3 is 2.61 bits per heavy atom. The van der Waals surface area contributed by atoms with Crippen LogP contribution in [0.3, 0.4) is 0 Å². The van der Waals surface area contributed by atoms with Crippen LogP contribution in [0.4, 0.5) is 0 Å². The molecule has 122 valence electrons. The molecule has 0 bridgehead atoms. The lowest BCUT2D eigenvalue weighted by molar-refractivity contribution is -0.118. The predicted molar refractivity (Wildman–Crippen MR) is 96.6 cm³/mol. The number of nitrogens with one attached hydrogen (secondary N) is 1. The van der Waals surface area contributed by atoms with Crippen molar-refractivity contribution in [1.82, 2.24) is 5.32 Å². The molecule has 2 aromatic rings. The van der Waals surface area contributed by atoms with E-state index < -0.39 is 0 Å². The van der Waals surface area contributed by atoms with Crippen molar-refractivity contribution >= 4 is 29.3 Å². The maximum Gasteiger partial charge on any atom is 0.230 e. The second-order valence-electron chi connectivity index (χ2n) is 5.21. The van der Waals surface area contributed by atoms with Crippen LogP contribution < -0.4 is 10.1 Å². The molecule has 0 aliphatic heterocycles. The average molecular weight is 350 g/mol. The summed E-state index contributed by atoms with van der Waals surface area (Å²) >= 11 is 7.56. The Hall–Kier alpha value is -1.65. The molecule has 5 heteroatoms. The maximum absolute atomic E-state index is 11.8. The predicted octanol–water partition coefficient (Wildman–Crippen LogP) is 4.24. The standard InChI is InChI=1S/C18H20ClNO2S/c1-13-3-7-16(8-4-13)23-12-18(21)20-9-10-22-15-6-5-14(2)17(19)11-15/h3-8,11H,9-10,12H2,1-2H3,(H,20,21). The molecule has 0 unspecified atom stereocenters. The van der Waals surface area contributed by atoms with E-state index in [2.05, 4.69) is 5.32 Å². The van der Waals surface area contributed by atoms with Gasteiger partial charge in [-0.3, -0.25) is 4.79 Å². The molecule has 0 aromatic heterocycles. The highest BCUT2D eigenvalue weighted by molar-refractivity contribution is 8.00. The van der Waals surface area contributed by atoms with Crippen LogP contribution in [0, 0.1) is 13.8 Å². The minimum Gasteiger partial charge on any atom is -0.492 e. The van der Waals surface area contributed by atoms with Crippen LogP contribution >= 0.6 is 23.4 Å². The number of aryl methyl sites for hydroxylation is 2. The Kier molecular flexibility index (Phi) is 6.81. The van der Waals surface area contributed by atoms with Gasteiger partial charge in [-0.2, -0.15) is 0 Å². The number of carbonyl (C=O) groups is 1. The number of rotatable bonds is 7. The molecule has 0 radical (unpaired) electrons. The first kappa shape index (κ1) is 17.7. The van der Waals surface area contributed by atoms with Gasteiger partial charge in [0.15, 0.2) is 0 Å². The number of carbonyl (C=O) groups excluding carboxylic acids is 1. The number of thioether (sulfide) groups is 1. The van der Waals surface area contributed by atoms with Gasteiger partial charge in [0.05, 0.1) is 12.3 Å². The Bertz CT molecular complexity index is 659. The van der Waals surface area contributed by atoms with Crippen molar-refractivity contribution in [2.45, 2.75) is 18.7 Å². The van der Waals surface area contributed by atoms with Gasteiger partial charge in [0, 0.05) is 9.92 Å². The zero-order valence-electron chi connectivity index (χ0n) is 13.3. The Morgan fingerprint density at radius 1 is 1.17 bits per heavy atom. The molecule has 0 fully saturated rings. The summed E-state index contributed by atoms with van der Waals surface area (Å²) in [4.78, 5) is 12.9. The molecule has 0 spiro atoms. The van der Waals surface area contributed by atoms with Crippen molar-refractivity contribution in [3.8, 4) is 5.75 Å². The molecule has 0 heterocycles. The number of ether oxygens (including phenoxy) is 1. The van der Waals surface area contributed by atoms with Crippen LogP contribution in [-0.4, -0.2) is 24.8 Å². The number of halogens is 1. The number of amides is 1. The molecule has 0 saturated carbocycles. The smallest absolute Gasteiger partial charge is 0.230 e. The van der Waals surface area contributed by atoms with E-state index in [0.29, 0.717) is 29.7 Å². The largest absolute Gasteiger partial charge is 0.492 e. The zero-order valence-corrected chi connectivity index (χ0v) is 14.8. The van der Waals surface area contributed by atoms with Crippen molar-refractivity contribution in [3.05, 3.63) is 58.6 Å². The highest BCUT2D eigenvalue weighted by atomic mass is 35.5. The fourth-order valence-corrected chi connectivity index (χ4v) is 2.76. The summed E-state index contributed by atoms with van der Waals surface area (Å²) in [5.41, 5.74) is 2.23. The van der Waals surface area contributed by atoms with Crippen molar-refractivity contribution in [2.24, 2.45) is 0 Å². The SMILES string of the molecule is Cc1ccc(SCC(=O)NCCOc2ccc(C)c(Cl)c2)cc1. The third-order valence-electron chi connectivity index (χ3n) is 3.23. The molecule has 2 rings (SSSR count). The first-order chi connectivity index (χ1) is 11.0. The van der Waals surface area contributed by atoms with Crippen molar-refractivity contribution < 1.29 is 9.53 Å². The van der Waals surface area contributed by atoms with Crippen LogP contribution in [0.2, 0.25) is 5.02 Å². The summed E-state index contributed by atoms with van der Waals surface area (Å²) in [7, 11) is 0. The number of benzene rings is 2. The van der Waals surface area contributed by atoms with Crippen LogP contribution in [-0.2, 0) is 4.79 Å². The van der Waals surface area contributed by atoms with E-state index in [0.717, 1.165) is 10.5 Å². The number of hydrogen-bond acceptors (Lipinski definition) is 3. The van der Waals surface area contributed by atoms with Crippen molar-refractivity contribution in [2.75, 3.05) is 18.9 Å². The van der Waals surface area contributed by atoms with Gasteiger partial charge in [-0.05, 0) is 43.7 Å². The van der Waals surface area contributed by atoms with Gasteiger partial charge in [-0.1, -0.05) is 35.4 Å². The fraction of sp³-hybridized carbons (Fsp3) is 0.278. The summed E-state index contributed by atoms with van der Waals surface area (Å²) in [5, 5.41) is 3.52. The van der Waals surface area contributed by atoms with Crippen LogP contribution in [0.1, 0.15) is 11.1 Å². The quantitative estimate of drug-likeness (QED) is 0.600. The van der Waals surface area contributed by atoms with E-state index in [1.54, 1.807) is 6.07 Å². The van der Waals surface area contributed by atoms with E-state index in [4.69, 9.17) is 16.3 Å². The monoisotopic (exact) mass is 349 g/mol. The highest BCUT2D eigenvalue weighted by Gasteiger charge is 2.03. The fourth-order valence-electron chi connectivity index (χ4n) is 1.86. The van der Waals surface area contributed by atoms with Gasteiger partial charge >= 0.3 is 0 Å². The summed E-state index contributed by atoms with van der Waals surface area (Å²) in [6, 6.07) is 13.7. The second-order valence-corrected chi connectivity index (χ2v) is 6.67. The lowest BCUT2D eigenvalue weighted by atomic mass is 10.2. The first-order valence-electron chi connectivity index (χ1n) is 7.40. The molecule has 3 nitrogen and oxygen atoms in total. The van der Waals surface area contributed by atoms with Crippen LogP contribution in [0.15, 0.2) is 47.4 Å². The summed E-state index contributed by atoms with van der Waals surface area (Å²) < 4.78 is 5.56. The third kappa shape index (κ3) is 6.16. The highest BCUT2D eigenvalue weighted by Crippen LogP contribution is 2.21. The molecule has 0 aliphatic carbocycles. The Morgan fingerprint density at radius 2 is 1.91 bits per heavy atom. The Labute approximate surface area is 146 Å². The van der Waals surface area contributed by atoms with Gasteiger partial charge in [0.25, 0.3) is 0 Å². The van der Waals surface area contributed by atoms with Gasteiger partial charge in [-0.15, -0.1) is 11.8 Å².